The molecule has 10 heteroatoms. The fraction of sp³-hybridized carbons (Fsp3) is 0.500. The van der Waals surface area contributed by atoms with E-state index in [2.05, 4.69) is 10.1 Å². The maximum Gasteiger partial charge on any atom is 0.410 e. The smallest absolute Gasteiger partial charge is 0.410 e. The van der Waals surface area contributed by atoms with Crippen LogP contribution in [0, 0.1) is 0 Å². The molecule has 0 bridgehead atoms. The first-order valence-corrected chi connectivity index (χ1v) is 13.7. The number of hydrogen-bond acceptors (Lipinski definition) is 8. The molecular formula is C30H37N5O5. The van der Waals surface area contributed by atoms with Gasteiger partial charge >= 0.3 is 6.09 Å². The maximum atomic E-state index is 14.2. The molecule has 1 saturated heterocycles. The second kappa shape index (κ2) is 10.3. The molecule has 1 fully saturated rings. The summed E-state index contributed by atoms with van der Waals surface area (Å²) in [5.74, 6) is 0.206. The van der Waals surface area contributed by atoms with Gasteiger partial charge in [0.25, 0.3) is 5.91 Å². The van der Waals surface area contributed by atoms with Crippen LogP contribution in [-0.4, -0.2) is 75.7 Å². The predicted molar refractivity (Wildman–Crippen MR) is 150 cm³/mol. The molecule has 1 atom stereocenters. The number of anilines is 1. The van der Waals surface area contributed by atoms with Crippen LogP contribution in [0.4, 0.5) is 10.6 Å². The Bertz CT molecular complexity index is 1360. The van der Waals surface area contributed by atoms with Gasteiger partial charge in [0.1, 0.15) is 11.4 Å². The first kappa shape index (κ1) is 27.8. The normalized spacial score (nSPS) is 20.6. The van der Waals surface area contributed by atoms with Gasteiger partial charge in [-0.2, -0.15) is 0 Å². The Balaban J connectivity index is 1.47. The number of oxime groups is 1. The van der Waals surface area contributed by atoms with Crippen LogP contribution in [0.1, 0.15) is 74.5 Å². The average Bonchev–Trinajstić information content (AvgIpc) is 3.41. The molecule has 1 aromatic heterocycles. The lowest BCUT2D eigenvalue weighted by Gasteiger charge is -2.39. The van der Waals surface area contributed by atoms with Crippen LogP contribution >= 0.6 is 0 Å². The number of rotatable bonds is 4. The summed E-state index contributed by atoms with van der Waals surface area (Å²) in [7, 11) is 2.04. The molecule has 1 aromatic carbocycles. The Morgan fingerprint density at radius 2 is 1.85 bits per heavy atom. The molecule has 5 rings (SSSR count). The number of pyridine rings is 1. The number of fused-ring (bicyclic) bond motifs is 1. The van der Waals surface area contributed by atoms with E-state index >= 15 is 0 Å². The first-order valence-electron chi connectivity index (χ1n) is 13.7. The third kappa shape index (κ3) is 5.45. The first-order chi connectivity index (χ1) is 18.8. The minimum Gasteiger partial charge on any atom is -0.444 e. The number of likely N-dealkylation sites (tertiary alicyclic amines) is 1. The molecule has 0 saturated carbocycles. The summed E-state index contributed by atoms with van der Waals surface area (Å²) in [6.45, 7) is 11.3. The van der Waals surface area contributed by atoms with Crippen molar-refractivity contribution in [1.29, 1.82) is 0 Å². The van der Waals surface area contributed by atoms with E-state index in [1.165, 1.54) is 0 Å². The number of ether oxygens (including phenoxy) is 1. The van der Waals surface area contributed by atoms with E-state index in [0.717, 1.165) is 30.5 Å². The molecule has 3 aliphatic heterocycles. The van der Waals surface area contributed by atoms with Gasteiger partial charge in [0.2, 0.25) is 5.78 Å². The highest BCUT2D eigenvalue weighted by Gasteiger charge is 2.41. The van der Waals surface area contributed by atoms with E-state index < -0.39 is 11.2 Å². The summed E-state index contributed by atoms with van der Waals surface area (Å²) in [4.78, 5) is 55.5. The van der Waals surface area contributed by atoms with Gasteiger partial charge in [0.15, 0.2) is 11.3 Å². The highest BCUT2D eigenvalue weighted by molar-refractivity contribution is 6.49. The molecule has 0 spiro atoms. The number of ketones is 1. The van der Waals surface area contributed by atoms with Crippen LogP contribution in [0.3, 0.4) is 0 Å². The number of piperidine rings is 1. The summed E-state index contributed by atoms with van der Waals surface area (Å²) in [6, 6.07) is 8.56. The molecule has 0 N–H and O–H groups in total. The minimum absolute atomic E-state index is 0.203. The van der Waals surface area contributed by atoms with E-state index in [4.69, 9.17) is 14.6 Å². The molecule has 212 valence electrons. The Labute approximate surface area is 234 Å². The van der Waals surface area contributed by atoms with Crippen molar-refractivity contribution >= 4 is 29.3 Å². The van der Waals surface area contributed by atoms with E-state index in [0.29, 0.717) is 36.6 Å². The number of carbonyl (C=O) groups is 3. The highest BCUT2D eigenvalue weighted by Crippen LogP contribution is 2.33. The number of hydrogen-bond donors (Lipinski definition) is 0. The van der Waals surface area contributed by atoms with E-state index in [1.54, 1.807) is 54.1 Å². The number of aromatic nitrogens is 1. The Kier molecular flexibility index (Phi) is 7.16. The fourth-order valence-electron chi connectivity index (χ4n) is 5.38. The molecule has 4 heterocycles. The van der Waals surface area contributed by atoms with Crippen LogP contribution in [0.15, 0.2) is 41.7 Å². The van der Waals surface area contributed by atoms with Gasteiger partial charge in [-0.1, -0.05) is 17.3 Å². The molecule has 2 amide bonds. The molecule has 0 unspecified atom stereocenters. The molecule has 2 aromatic rings. The van der Waals surface area contributed by atoms with Crippen LogP contribution < -0.4 is 4.90 Å². The monoisotopic (exact) mass is 547 g/mol. The summed E-state index contributed by atoms with van der Waals surface area (Å²) >= 11 is 0. The van der Waals surface area contributed by atoms with Gasteiger partial charge in [-0.25, -0.2) is 9.78 Å². The lowest BCUT2D eigenvalue weighted by molar-refractivity contribution is -0.128. The number of nitrogens with zero attached hydrogens (tertiary/aromatic N) is 5. The van der Waals surface area contributed by atoms with Gasteiger partial charge in [-0.3, -0.25) is 19.4 Å². The molecule has 0 aliphatic carbocycles. The largest absolute Gasteiger partial charge is 0.444 e. The van der Waals surface area contributed by atoms with Crippen molar-refractivity contribution in [1.82, 2.24) is 14.8 Å². The average molecular weight is 548 g/mol. The maximum absolute atomic E-state index is 14.2. The number of benzene rings is 1. The zero-order valence-corrected chi connectivity index (χ0v) is 24.1. The highest BCUT2D eigenvalue weighted by atomic mass is 16.7. The minimum atomic E-state index is -1.01. The van der Waals surface area contributed by atoms with Crippen LogP contribution in [0.5, 0.6) is 0 Å². The summed E-state index contributed by atoms with van der Waals surface area (Å²) in [5, 5.41) is 3.97. The SMILES string of the molecule is CN1Cc2ccnc(N(C(=O)c3ccc(C4=NOC(C)(C)C4=O)cc3)[C@@H]3CCCN(C(=O)OC(C)(C)C)C3)c2C1. The molecular weight excluding hydrogens is 510 g/mol. The predicted octanol–water partition coefficient (Wildman–Crippen LogP) is 4.16. The third-order valence-corrected chi connectivity index (χ3v) is 7.39. The van der Waals surface area contributed by atoms with Crippen molar-refractivity contribution in [2.45, 2.75) is 77.8 Å². The lowest BCUT2D eigenvalue weighted by Crippen LogP contribution is -2.53. The Morgan fingerprint density at radius 1 is 1.12 bits per heavy atom. The summed E-state index contributed by atoms with van der Waals surface area (Å²) in [6.07, 6.45) is 2.82. The molecule has 40 heavy (non-hydrogen) atoms. The third-order valence-electron chi connectivity index (χ3n) is 7.39. The fourth-order valence-corrected chi connectivity index (χ4v) is 5.38. The van der Waals surface area contributed by atoms with Gasteiger partial charge in [0.05, 0.1) is 6.04 Å². The number of amides is 2. The van der Waals surface area contributed by atoms with Crippen molar-refractivity contribution in [3.05, 3.63) is 58.8 Å². The van der Waals surface area contributed by atoms with E-state index in [-0.39, 0.29) is 29.5 Å². The standard InChI is InChI=1S/C30H37N5O5/c1-29(2,3)39-28(38)34-15-7-8-22(17-34)35(26-23-18-33(6)16-21(23)13-14-31-26)27(37)20-11-9-19(10-12-20)24-25(36)30(4,5)40-32-24/h9-14,22H,7-8,15-18H2,1-6H3/t22-/m1/s1. The van der Waals surface area contributed by atoms with Crippen LogP contribution in [0.25, 0.3) is 0 Å². The molecule has 0 radical (unpaired) electrons. The second-order valence-corrected chi connectivity index (χ2v) is 12.3. The number of carbonyl (C=O) groups excluding carboxylic acids is 3. The van der Waals surface area contributed by atoms with Gasteiger partial charge in [-0.05, 0) is 78.3 Å². The topological polar surface area (TPSA) is 105 Å². The van der Waals surface area contributed by atoms with Crippen molar-refractivity contribution in [3.8, 4) is 0 Å². The summed E-state index contributed by atoms with van der Waals surface area (Å²) in [5.41, 5.74) is 1.83. The van der Waals surface area contributed by atoms with E-state index in [1.807, 2.05) is 33.9 Å². The van der Waals surface area contributed by atoms with E-state index in [9.17, 15) is 14.4 Å². The van der Waals surface area contributed by atoms with Crippen molar-refractivity contribution in [2.24, 2.45) is 5.16 Å². The molecule has 10 nitrogen and oxygen atoms in total. The van der Waals surface area contributed by atoms with Crippen LogP contribution in [0.2, 0.25) is 0 Å². The Hall–Kier alpha value is -3.79. The van der Waals surface area contributed by atoms with Gasteiger partial charge < -0.3 is 14.5 Å². The van der Waals surface area contributed by atoms with Gasteiger partial charge in [-0.15, -0.1) is 0 Å². The zero-order chi connectivity index (χ0) is 28.8. The summed E-state index contributed by atoms with van der Waals surface area (Å²) < 4.78 is 5.64. The van der Waals surface area contributed by atoms with Gasteiger partial charge in [0, 0.05) is 49.1 Å². The van der Waals surface area contributed by atoms with Crippen LogP contribution in [-0.2, 0) is 27.5 Å². The van der Waals surface area contributed by atoms with Crippen molar-refractivity contribution in [2.75, 3.05) is 25.0 Å². The lowest BCUT2D eigenvalue weighted by atomic mass is 9.95. The number of Topliss-reactive ketones (excluding diaryl/α,β-unsaturated/α-hetero) is 1. The zero-order valence-electron chi connectivity index (χ0n) is 24.1. The quantitative estimate of drug-likeness (QED) is 0.566. The van der Waals surface area contributed by atoms with Crippen molar-refractivity contribution < 1.29 is 24.0 Å². The second-order valence-electron chi connectivity index (χ2n) is 12.3. The molecule has 3 aliphatic rings. The Morgan fingerprint density at radius 3 is 2.50 bits per heavy atom. The van der Waals surface area contributed by atoms with Crippen molar-refractivity contribution in [3.63, 3.8) is 0 Å².